The Morgan fingerprint density at radius 1 is 1.06 bits per heavy atom. The van der Waals surface area contributed by atoms with Crippen LogP contribution in [0.1, 0.15) is 36.6 Å². The molecule has 2 heterocycles. The molecule has 0 radical (unpaired) electrons. The van der Waals surface area contributed by atoms with Gasteiger partial charge in [-0.05, 0) is 67.4 Å². The number of carbonyl (C=O) groups excluding carboxylic acids is 2. The first-order chi connectivity index (χ1) is 17.4. The van der Waals surface area contributed by atoms with E-state index in [1.165, 1.54) is 12.0 Å². The number of ether oxygens (including phenoxy) is 1. The van der Waals surface area contributed by atoms with E-state index in [0.717, 1.165) is 29.9 Å². The van der Waals surface area contributed by atoms with Crippen LogP contribution in [0, 0.1) is 0 Å². The topological polar surface area (TPSA) is 83.0 Å². The van der Waals surface area contributed by atoms with Gasteiger partial charge in [-0.2, -0.15) is 0 Å². The summed E-state index contributed by atoms with van der Waals surface area (Å²) < 4.78 is 5.28. The van der Waals surface area contributed by atoms with Crippen LogP contribution in [0.2, 0.25) is 5.02 Å². The van der Waals surface area contributed by atoms with Crippen molar-refractivity contribution in [3.63, 3.8) is 0 Å². The molecular weight excluding hydrogens is 478 g/mol. The molecule has 1 aliphatic rings. The molecule has 186 valence electrons. The van der Waals surface area contributed by atoms with Gasteiger partial charge in [0.1, 0.15) is 11.5 Å². The number of aromatic nitrogens is 1. The lowest BCUT2D eigenvalue weighted by Crippen LogP contribution is -2.29. The van der Waals surface area contributed by atoms with E-state index in [9.17, 15) is 14.7 Å². The minimum atomic E-state index is -0.773. The van der Waals surface area contributed by atoms with E-state index in [0.29, 0.717) is 16.3 Å². The molecule has 1 atom stereocenters. The Morgan fingerprint density at radius 2 is 1.72 bits per heavy atom. The quantitative estimate of drug-likeness (QED) is 0.257. The summed E-state index contributed by atoms with van der Waals surface area (Å²) in [6.45, 7) is 6.07. The van der Waals surface area contributed by atoms with Gasteiger partial charge in [0.2, 0.25) is 0 Å². The largest absolute Gasteiger partial charge is 0.507 e. The zero-order chi connectivity index (χ0) is 25.8. The molecule has 0 spiro atoms. The molecule has 8 heteroatoms. The van der Waals surface area contributed by atoms with Crippen molar-refractivity contribution in [2.24, 2.45) is 0 Å². The molecular formula is C28H28ClN3O4. The molecule has 2 aromatic carbocycles. The van der Waals surface area contributed by atoms with E-state index < -0.39 is 17.7 Å². The molecule has 1 amide bonds. The van der Waals surface area contributed by atoms with E-state index >= 15 is 0 Å². The molecule has 0 saturated carbocycles. The van der Waals surface area contributed by atoms with Crippen molar-refractivity contribution in [1.29, 1.82) is 0 Å². The molecule has 1 aliphatic heterocycles. The second-order valence-corrected chi connectivity index (χ2v) is 8.80. The van der Waals surface area contributed by atoms with E-state index in [2.05, 4.69) is 23.7 Å². The molecule has 1 aromatic heterocycles. The molecule has 3 aromatic rings. The fraction of sp³-hybridized carbons (Fsp3) is 0.250. The highest BCUT2D eigenvalue weighted by molar-refractivity contribution is 6.46. The van der Waals surface area contributed by atoms with Crippen molar-refractivity contribution in [1.82, 2.24) is 9.88 Å². The van der Waals surface area contributed by atoms with Gasteiger partial charge in [0, 0.05) is 43.3 Å². The zero-order valence-electron chi connectivity index (χ0n) is 20.4. The Balaban J connectivity index is 1.85. The predicted molar refractivity (Wildman–Crippen MR) is 140 cm³/mol. The number of rotatable bonds is 8. The second kappa shape index (κ2) is 10.8. The number of methoxy groups -OCH3 is 1. The predicted octanol–water partition coefficient (Wildman–Crippen LogP) is 5.21. The Kier molecular flexibility index (Phi) is 7.60. The Morgan fingerprint density at radius 3 is 2.33 bits per heavy atom. The van der Waals surface area contributed by atoms with Gasteiger partial charge >= 0.3 is 0 Å². The number of aliphatic hydroxyl groups is 1. The SMILES string of the molecule is CCN(CC)c1ccc(C2/C(=C(/O)c3ccc(Cl)c(OC)c3)C(=O)C(=O)N2Cc2ccncc2)cc1. The number of hydrogen-bond acceptors (Lipinski definition) is 6. The minimum Gasteiger partial charge on any atom is -0.507 e. The third-order valence-corrected chi connectivity index (χ3v) is 6.72. The molecule has 4 rings (SSSR count). The maximum atomic E-state index is 13.3. The van der Waals surface area contributed by atoms with Crippen LogP contribution in [-0.4, -0.2) is 46.9 Å². The van der Waals surface area contributed by atoms with Gasteiger partial charge in [0.05, 0.1) is 23.7 Å². The van der Waals surface area contributed by atoms with Crippen LogP contribution in [0.15, 0.2) is 72.6 Å². The number of benzene rings is 2. The van der Waals surface area contributed by atoms with Crippen molar-refractivity contribution in [2.45, 2.75) is 26.4 Å². The third-order valence-electron chi connectivity index (χ3n) is 6.40. The molecule has 1 fully saturated rings. The summed E-state index contributed by atoms with van der Waals surface area (Å²) in [4.78, 5) is 34.3. The fourth-order valence-corrected chi connectivity index (χ4v) is 4.69. The van der Waals surface area contributed by atoms with Crippen LogP contribution >= 0.6 is 11.6 Å². The lowest BCUT2D eigenvalue weighted by Gasteiger charge is -2.27. The summed E-state index contributed by atoms with van der Waals surface area (Å²) in [6, 6.07) is 15.3. The number of likely N-dealkylation sites (tertiary alicyclic amines) is 1. The number of anilines is 1. The molecule has 0 bridgehead atoms. The highest BCUT2D eigenvalue weighted by Gasteiger charge is 2.46. The van der Waals surface area contributed by atoms with Crippen molar-refractivity contribution >= 4 is 34.7 Å². The molecule has 7 nitrogen and oxygen atoms in total. The molecule has 36 heavy (non-hydrogen) atoms. The van der Waals surface area contributed by atoms with E-state index in [4.69, 9.17) is 16.3 Å². The second-order valence-electron chi connectivity index (χ2n) is 8.40. The number of ketones is 1. The fourth-order valence-electron chi connectivity index (χ4n) is 4.49. The molecule has 1 unspecified atom stereocenters. The van der Waals surface area contributed by atoms with Gasteiger partial charge in [-0.25, -0.2) is 0 Å². The summed E-state index contributed by atoms with van der Waals surface area (Å²) in [5.41, 5.74) is 2.95. The van der Waals surface area contributed by atoms with Gasteiger partial charge < -0.3 is 19.6 Å². The zero-order valence-corrected chi connectivity index (χ0v) is 21.2. The van der Waals surface area contributed by atoms with Crippen LogP contribution in [0.3, 0.4) is 0 Å². The number of amides is 1. The van der Waals surface area contributed by atoms with Crippen LogP contribution in [-0.2, 0) is 16.1 Å². The number of aliphatic hydroxyl groups excluding tert-OH is 1. The normalized spacial score (nSPS) is 16.9. The summed E-state index contributed by atoms with van der Waals surface area (Å²) in [6.07, 6.45) is 3.28. The number of pyridine rings is 1. The Bertz CT molecular complexity index is 1290. The van der Waals surface area contributed by atoms with Crippen molar-refractivity contribution in [2.75, 3.05) is 25.1 Å². The van der Waals surface area contributed by atoms with E-state index in [1.54, 1.807) is 42.7 Å². The lowest BCUT2D eigenvalue weighted by molar-refractivity contribution is -0.140. The Hall–Kier alpha value is -3.84. The summed E-state index contributed by atoms with van der Waals surface area (Å²) in [5, 5.41) is 11.7. The number of Topliss-reactive ketones (excluding diaryl/α,β-unsaturated/α-hetero) is 1. The van der Waals surface area contributed by atoms with Crippen LogP contribution in [0.5, 0.6) is 5.75 Å². The van der Waals surface area contributed by atoms with Gasteiger partial charge in [-0.3, -0.25) is 14.6 Å². The molecule has 1 N–H and O–H groups in total. The van der Waals surface area contributed by atoms with Crippen LogP contribution < -0.4 is 9.64 Å². The average molecular weight is 506 g/mol. The van der Waals surface area contributed by atoms with E-state index in [-0.39, 0.29) is 17.9 Å². The maximum absolute atomic E-state index is 13.3. The first-order valence-electron chi connectivity index (χ1n) is 11.8. The lowest BCUT2D eigenvalue weighted by atomic mass is 9.94. The maximum Gasteiger partial charge on any atom is 0.295 e. The van der Waals surface area contributed by atoms with Gasteiger partial charge in [-0.15, -0.1) is 0 Å². The van der Waals surface area contributed by atoms with Gasteiger partial charge in [-0.1, -0.05) is 23.7 Å². The van der Waals surface area contributed by atoms with Gasteiger partial charge in [0.25, 0.3) is 11.7 Å². The first-order valence-corrected chi connectivity index (χ1v) is 12.1. The van der Waals surface area contributed by atoms with E-state index in [1.807, 2.05) is 24.3 Å². The smallest absolute Gasteiger partial charge is 0.295 e. The van der Waals surface area contributed by atoms with Gasteiger partial charge in [0.15, 0.2) is 0 Å². The van der Waals surface area contributed by atoms with Crippen molar-refractivity contribution in [3.05, 3.63) is 94.3 Å². The summed E-state index contributed by atoms with van der Waals surface area (Å²) in [7, 11) is 1.47. The minimum absolute atomic E-state index is 0.0222. The Labute approximate surface area is 215 Å². The van der Waals surface area contributed by atoms with Crippen molar-refractivity contribution in [3.8, 4) is 5.75 Å². The molecule has 1 saturated heterocycles. The number of halogens is 1. The molecule has 0 aliphatic carbocycles. The number of nitrogens with zero attached hydrogens (tertiary/aromatic N) is 3. The summed E-state index contributed by atoms with van der Waals surface area (Å²) in [5.74, 6) is -1.34. The highest BCUT2D eigenvalue weighted by atomic mass is 35.5. The van der Waals surface area contributed by atoms with Crippen LogP contribution in [0.4, 0.5) is 5.69 Å². The summed E-state index contributed by atoms with van der Waals surface area (Å²) >= 11 is 6.15. The number of carbonyl (C=O) groups is 2. The average Bonchev–Trinajstić information content (AvgIpc) is 3.15. The monoisotopic (exact) mass is 505 g/mol. The highest BCUT2D eigenvalue weighted by Crippen LogP contribution is 2.41. The standard InChI is InChI=1S/C28H28ClN3O4/c1-4-31(5-2)21-9-6-19(7-10-21)25-24(26(33)20-8-11-22(29)23(16-20)36-3)27(34)28(35)32(25)17-18-12-14-30-15-13-18/h6-16,25,33H,4-5,17H2,1-3H3/b26-24-. The van der Waals surface area contributed by atoms with Crippen molar-refractivity contribution < 1.29 is 19.4 Å². The third kappa shape index (κ3) is 4.79. The number of hydrogen-bond donors (Lipinski definition) is 1. The van der Waals surface area contributed by atoms with Crippen LogP contribution in [0.25, 0.3) is 5.76 Å². The first kappa shape index (κ1) is 25.3.